The van der Waals surface area contributed by atoms with Crippen LogP contribution in [0.2, 0.25) is 0 Å². The molecule has 4 rings (SSSR count). The number of carbonyl (C=O) groups excluding carboxylic acids is 1. The third kappa shape index (κ3) is 2.76. The SMILES string of the molecule is COc1ccccc1-c1nc([C@H]2CCCN(C=O)C2)n2ccccc12. The molecular formula is C20H21N3O2. The number of carbonyl (C=O) groups is 1. The van der Waals surface area contributed by atoms with Crippen molar-refractivity contribution in [3.05, 3.63) is 54.5 Å². The number of likely N-dealkylation sites (tertiary alicyclic amines) is 1. The highest BCUT2D eigenvalue weighted by atomic mass is 16.5. The molecule has 3 aromatic rings. The summed E-state index contributed by atoms with van der Waals surface area (Å²) < 4.78 is 7.69. The van der Waals surface area contributed by atoms with Gasteiger partial charge in [-0.1, -0.05) is 18.2 Å². The Kier molecular flexibility index (Phi) is 4.14. The van der Waals surface area contributed by atoms with E-state index in [1.54, 1.807) is 7.11 Å². The Morgan fingerprint density at radius 3 is 2.88 bits per heavy atom. The summed E-state index contributed by atoms with van der Waals surface area (Å²) in [7, 11) is 1.68. The van der Waals surface area contributed by atoms with Crippen molar-refractivity contribution < 1.29 is 9.53 Å². The molecule has 25 heavy (non-hydrogen) atoms. The summed E-state index contributed by atoms with van der Waals surface area (Å²) in [6.07, 6.45) is 5.05. The van der Waals surface area contributed by atoms with E-state index in [-0.39, 0.29) is 5.92 Å². The first-order valence-electron chi connectivity index (χ1n) is 8.61. The van der Waals surface area contributed by atoms with Crippen LogP contribution < -0.4 is 4.74 Å². The van der Waals surface area contributed by atoms with Gasteiger partial charge in [0.2, 0.25) is 6.41 Å². The smallest absolute Gasteiger partial charge is 0.209 e. The van der Waals surface area contributed by atoms with Gasteiger partial charge in [-0.25, -0.2) is 4.98 Å². The Morgan fingerprint density at radius 1 is 1.20 bits per heavy atom. The molecule has 0 N–H and O–H groups in total. The van der Waals surface area contributed by atoms with E-state index in [0.717, 1.165) is 60.7 Å². The zero-order chi connectivity index (χ0) is 17.2. The number of imidazole rings is 1. The van der Waals surface area contributed by atoms with Crippen LogP contribution in [-0.4, -0.2) is 40.9 Å². The van der Waals surface area contributed by atoms with Crippen molar-refractivity contribution in [1.29, 1.82) is 0 Å². The first kappa shape index (κ1) is 15.7. The molecule has 0 spiro atoms. The second-order valence-electron chi connectivity index (χ2n) is 6.41. The van der Waals surface area contributed by atoms with E-state index in [2.05, 4.69) is 16.7 Å². The molecule has 1 aromatic carbocycles. The molecule has 0 bridgehead atoms. The number of nitrogens with zero attached hydrogens (tertiary/aromatic N) is 3. The number of amides is 1. The predicted molar refractivity (Wildman–Crippen MR) is 96.8 cm³/mol. The predicted octanol–water partition coefficient (Wildman–Crippen LogP) is 3.35. The monoisotopic (exact) mass is 335 g/mol. The molecular weight excluding hydrogens is 314 g/mol. The van der Waals surface area contributed by atoms with E-state index in [1.807, 2.05) is 41.3 Å². The Morgan fingerprint density at radius 2 is 2.04 bits per heavy atom. The van der Waals surface area contributed by atoms with Gasteiger partial charge in [0.15, 0.2) is 0 Å². The number of pyridine rings is 1. The lowest BCUT2D eigenvalue weighted by Crippen LogP contribution is -2.33. The van der Waals surface area contributed by atoms with Crippen LogP contribution in [0.5, 0.6) is 5.75 Å². The second kappa shape index (κ2) is 6.59. The van der Waals surface area contributed by atoms with E-state index in [1.165, 1.54) is 0 Å². The average Bonchev–Trinajstić information content (AvgIpc) is 3.07. The van der Waals surface area contributed by atoms with Crippen molar-refractivity contribution in [2.24, 2.45) is 0 Å². The molecule has 1 atom stereocenters. The van der Waals surface area contributed by atoms with Crippen molar-refractivity contribution >= 4 is 11.9 Å². The second-order valence-corrected chi connectivity index (χ2v) is 6.41. The lowest BCUT2D eigenvalue weighted by molar-refractivity contribution is -0.119. The molecule has 1 amide bonds. The Labute approximate surface area is 146 Å². The first-order valence-corrected chi connectivity index (χ1v) is 8.61. The Hall–Kier alpha value is -2.82. The van der Waals surface area contributed by atoms with Gasteiger partial charge >= 0.3 is 0 Å². The average molecular weight is 335 g/mol. The number of para-hydroxylation sites is 1. The first-order chi connectivity index (χ1) is 12.3. The van der Waals surface area contributed by atoms with Crippen molar-refractivity contribution in [2.45, 2.75) is 18.8 Å². The van der Waals surface area contributed by atoms with Gasteiger partial charge in [-0.2, -0.15) is 0 Å². The highest BCUT2D eigenvalue weighted by Crippen LogP contribution is 2.35. The summed E-state index contributed by atoms with van der Waals surface area (Å²) in [5, 5.41) is 0. The number of hydrogen-bond donors (Lipinski definition) is 0. The van der Waals surface area contributed by atoms with Gasteiger partial charge < -0.3 is 14.0 Å². The number of hydrogen-bond acceptors (Lipinski definition) is 3. The lowest BCUT2D eigenvalue weighted by atomic mass is 9.97. The minimum Gasteiger partial charge on any atom is -0.496 e. The van der Waals surface area contributed by atoms with Crippen LogP contribution in [-0.2, 0) is 4.79 Å². The zero-order valence-electron chi connectivity index (χ0n) is 14.3. The molecule has 0 radical (unpaired) electrons. The van der Waals surface area contributed by atoms with Gasteiger partial charge in [-0.05, 0) is 37.1 Å². The van der Waals surface area contributed by atoms with Crippen LogP contribution in [0.3, 0.4) is 0 Å². The van der Waals surface area contributed by atoms with Gasteiger partial charge in [0.25, 0.3) is 0 Å². The molecule has 1 fully saturated rings. The topological polar surface area (TPSA) is 46.8 Å². The number of rotatable bonds is 4. The highest BCUT2D eigenvalue weighted by molar-refractivity contribution is 5.81. The highest BCUT2D eigenvalue weighted by Gasteiger charge is 2.26. The van der Waals surface area contributed by atoms with E-state index >= 15 is 0 Å². The Balaban J connectivity index is 1.86. The molecule has 3 heterocycles. The van der Waals surface area contributed by atoms with Crippen molar-refractivity contribution in [3.63, 3.8) is 0 Å². The summed E-state index contributed by atoms with van der Waals surface area (Å²) >= 11 is 0. The largest absolute Gasteiger partial charge is 0.496 e. The standard InChI is InChI=1S/C20H21N3O2/c1-25-18-10-3-2-8-16(18)19-17-9-4-5-12-23(17)20(21-19)15-7-6-11-22(13-15)14-24/h2-5,8-10,12,14-15H,6-7,11,13H2,1H3/t15-/m0/s1. The fourth-order valence-electron chi connectivity index (χ4n) is 3.70. The summed E-state index contributed by atoms with van der Waals surface area (Å²) in [5.74, 6) is 2.08. The third-order valence-corrected chi connectivity index (χ3v) is 4.90. The van der Waals surface area contributed by atoms with Crippen LogP contribution in [0.4, 0.5) is 0 Å². The summed E-state index contributed by atoms with van der Waals surface area (Å²) in [5.41, 5.74) is 2.98. The maximum absolute atomic E-state index is 11.2. The van der Waals surface area contributed by atoms with Gasteiger partial charge in [0, 0.05) is 30.8 Å². The van der Waals surface area contributed by atoms with Crippen molar-refractivity contribution in [2.75, 3.05) is 20.2 Å². The molecule has 1 aliphatic rings. The molecule has 0 aliphatic carbocycles. The maximum atomic E-state index is 11.2. The van der Waals surface area contributed by atoms with Gasteiger partial charge in [-0.3, -0.25) is 4.79 Å². The molecule has 1 saturated heterocycles. The molecule has 0 unspecified atom stereocenters. The van der Waals surface area contributed by atoms with Crippen LogP contribution in [0.25, 0.3) is 16.8 Å². The van der Waals surface area contributed by atoms with Gasteiger partial charge in [-0.15, -0.1) is 0 Å². The Bertz CT molecular complexity index is 903. The van der Waals surface area contributed by atoms with Crippen molar-refractivity contribution in [3.8, 4) is 17.0 Å². The summed E-state index contributed by atoms with van der Waals surface area (Å²) in [6, 6.07) is 14.1. The molecule has 128 valence electrons. The van der Waals surface area contributed by atoms with Gasteiger partial charge in [0.1, 0.15) is 17.3 Å². The fraction of sp³-hybridized carbons (Fsp3) is 0.300. The summed E-state index contributed by atoms with van der Waals surface area (Å²) in [6.45, 7) is 1.56. The number of fused-ring (bicyclic) bond motifs is 1. The van der Waals surface area contributed by atoms with Crippen LogP contribution >= 0.6 is 0 Å². The van der Waals surface area contributed by atoms with Crippen LogP contribution in [0.15, 0.2) is 48.7 Å². The maximum Gasteiger partial charge on any atom is 0.209 e. The third-order valence-electron chi connectivity index (χ3n) is 4.90. The normalized spacial score (nSPS) is 17.6. The van der Waals surface area contributed by atoms with Crippen LogP contribution in [0.1, 0.15) is 24.6 Å². The molecule has 5 heteroatoms. The van der Waals surface area contributed by atoms with E-state index < -0.39 is 0 Å². The van der Waals surface area contributed by atoms with E-state index in [4.69, 9.17) is 9.72 Å². The molecule has 1 aliphatic heterocycles. The lowest BCUT2D eigenvalue weighted by Gasteiger charge is -2.29. The molecule has 5 nitrogen and oxygen atoms in total. The zero-order valence-corrected chi connectivity index (χ0v) is 14.3. The quantitative estimate of drug-likeness (QED) is 0.687. The van der Waals surface area contributed by atoms with E-state index in [0.29, 0.717) is 0 Å². The summed E-state index contributed by atoms with van der Waals surface area (Å²) in [4.78, 5) is 18.0. The number of methoxy groups -OCH3 is 1. The van der Waals surface area contributed by atoms with Gasteiger partial charge in [0.05, 0.1) is 12.6 Å². The van der Waals surface area contributed by atoms with Crippen molar-refractivity contribution in [1.82, 2.24) is 14.3 Å². The van der Waals surface area contributed by atoms with E-state index in [9.17, 15) is 4.79 Å². The fourth-order valence-corrected chi connectivity index (χ4v) is 3.70. The number of aromatic nitrogens is 2. The number of piperidine rings is 1. The minimum absolute atomic E-state index is 0.248. The van der Waals surface area contributed by atoms with Crippen LogP contribution in [0, 0.1) is 0 Å². The number of benzene rings is 1. The molecule has 0 saturated carbocycles. The number of ether oxygens (including phenoxy) is 1. The molecule has 2 aromatic heterocycles. The minimum atomic E-state index is 0.248.